The molecule has 3 rings (SSSR count). The number of pyridine rings is 2. The van der Waals surface area contributed by atoms with Gasteiger partial charge >= 0.3 is 0 Å². The summed E-state index contributed by atoms with van der Waals surface area (Å²) < 4.78 is 1.29. The van der Waals surface area contributed by atoms with E-state index < -0.39 is 17.6 Å². The first-order valence-electron chi connectivity index (χ1n) is 8.20. The molecule has 2 atom stereocenters. The average Bonchev–Trinajstić information content (AvgIpc) is 2.80. The van der Waals surface area contributed by atoms with Gasteiger partial charge < -0.3 is 10.4 Å². The van der Waals surface area contributed by atoms with Crippen LogP contribution in [0.2, 0.25) is 0 Å². The standard InChI is InChI=1S/C18H20N2O4/c21-11-12-10-13(18(24)20-9-5-4-7-15(12)20)17(23)19-14-6-2-1-3-8-16(14)22/h4-5,7,9-11,14,16,22H,1-3,6,8H2,(H,19,23). The van der Waals surface area contributed by atoms with Crippen molar-refractivity contribution in [3.63, 3.8) is 0 Å². The van der Waals surface area contributed by atoms with Gasteiger partial charge in [-0.15, -0.1) is 0 Å². The van der Waals surface area contributed by atoms with E-state index in [1.54, 1.807) is 18.2 Å². The second kappa shape index (κ2) is 6.97. The van der Waals surface area contributed by atoms with Crippen LogP contribution in [0.1, 0.15) is 52.8 Å². The minimum absolute atomic E-state index is 0.0859. The van der Waals surface area contributed by atoms with Crippen molar-refractivity contribution in [3.05, 3.63) is 51.9 Å². The highest BCUT2D eigenvalue weighted by molar-refractivity contribution is 5.97. The Balaban J connectivity index is 1.96. The second-order valence-electron chi connectivity index (χ2n) is 6.18. The predicted octanol–water partition coefficient (Wildman–Crippen LogP) is 1.54. The number of hydrogen-bond acceptors (Lipinski definition) is 4. The van der Waals surface area contributed by atoms with Gasteiger partial charge in [0.1, 0.15) is 5.56 Å². The molecule has 6 heteroatoms. The van der Waals surface area contributed by atoms with Gasteiger partial charge in [0, 0.05) is 11.8 Å². The van der Waals surface area contributed by atoms with Crippen molar-refractivity contribution in [2.24, 2.45) is 0 Å². The van der Waals surface area contributed by atoms with Crippen LogP contribution in [0.4, 0.5) is 0 Å². The van der Waals surface area contributed by atoms with Crippen molar-refractivity contribution in [2.75, 3.05) is 0 Å². The lowest BCUT2D eigenvalue weighted by Gasteiger charge is -2.21. The lowest BCUT2D eigenvalue weighted by molar-refractivity contribution is 0.0817. The number of aliphatic hydroxyl groups excluding tert-OH is 1. The molecule has 0 aromatic carbocycles. The SMILES string of the molecule is O=Cc1cc(C(=O)NC2CCCCCC2O)c(=O)n2ccccc12. The fourth-order valence-electron chi connectivity index (χ4n) is 3.24. The third-order valence-electron chi connectivity index (χ3n) is 4.57. The Labute approximate surface area is 139 Å². The molecule has 1 amide bonds. The smallest absolute Gasteiger partial charge is 0.267 e. The zero-order valence-electron chi connectivity index (χ0n) is 13.3. The Hall–Kier alpha value is -2.47. The summed E-state index contributed by atoms with van der Waals surface area (Å²) in [4.78, 5) is 36.4. The van der Waals surface area contributed by atoms with Crippen LogP contribution >= 0.6 is 0 Å². The maximum atomic E-state index is 12.6. The van der Waals surface area contributed by atoms with Crippen LogP contribution in [0.25, 0.3) is 5.52 Å². The summed E-state index contributed by atoms with van der Waals surface area (Å²) in [5, 5.41) is 12.9. The van der Waals surface area contributed by atoms with E-state index in [9.17, 15) is 19.5 Å². The van der Waals surface area contributed by atoms with Crippen LogP contribution in [-0.4, -0.2) is 33.8 Å². The highest BCUT2D eigenvalue weighted by atomic mass is 16.3. The Morgan fingerprint density at radius 3 is 2.83 bits per heavy atom. The maximum absolute atomic E-state index is 12.6. The van der Waals surface area contributed by atoms with Crippen LogP contribution in [0.5, 0.6) is 0 Å². The van der Waals surface area contributed by atoms with Crippen molar-refractivity contribution in [1.82, 2.24) is 9.72 Å². The predicted molar refractivity (Wildman–Crippen MR) is 89.4 cm³/mol. The van der Waals surface area contributed by atoms with E-state index in [-0.39, 0.29) is 17.2 Å². The largest absolute Gasteiger partial charge is 0.391 e. The van der Waals surface area contributed by atoms with Gasteiger partial charge in [0.2, 0.25) is 0 Å². The van der Waals surface area contributed by atoms with E-state index in [1.165, 1.54) is 16.7 Å². The van der Waals surface area contributed by atoms with Gasteiger partial charge in [-0.25, -0.2) is 0 Å². The molecule has 0 bridgehead atoms. The number of aldehydes is 1. The molecule has 2 heterocycles. The molecule has 126 valence electrons. The number of nitrogens with zero attached hydrogens (tertiary/aromatic N) is 1. The van der Waals surface area contributed by atoms with E-state index in [0.717, 1.165) is 19.3 Å². The van der Waals surface area contributed by atoms with Gasteiger partial charge in [-0.3, -0.25) is 18.8 Å². The van der Waals surface area contributed by atoms with Gasteiger partial charge in [-0.1, -0.05) is 25.3 Å². The number of carbonyl (C=O) groups excluding carboxylic acids is 2. The monoisotopic (exact) mass is 328 g/mol. The number of carbonyl (C=O) groups is 2. The number of aliphatic hydroxyl groups is 1. The Bertz CT molecular complexity index is 827. The topological polar surface area (TPSA) is 87.9 Å². The molecule has 2 unspecified atom stereocenters. The molecule has 24 heavy (non-hydrogen) atoms. The summed E-state index contributed by atoms with van der Waals surface area (Å²) in [6, 6.07) is 6.00. The minimum Gasteiger partial charge on any atom is -0.391 e. The molecule has 1 saturated carbocycles. The molecular formula is C18H20N2O4. The normalized spacial score (nSPS) is 21.2. The van der Waals surface area contributed by atoms with Crippen LogP contribution in [-0.2, 0) is 0 Å². The number of rotatable bonds is 3. The van der Waals surface area contributed by atoms with Crippen molar-refractivity contribution < 1.29 is 14.7 Å². The van der Waals surface area contributed by atoms with Gasteiger partial charge in [0.05, 0.1) is 17.7 Å². The highest BCUT2D eigenvalue weighted by Crippen LogP contribution is 2.18. The van der Waals surface area contributed by atoms with E-state index >= 15 is 0 Å². The molecule has 0 spiro atoms. The molecule has 2 aromatic heterocycles. The van der Waals surface area contributed by atoms with Crippen LogP contribution < -0.4 is 10.9 Å². The molecule has 6 nitrogen and oxygen atoms in total. The summed E-state index contributed by atoms with van der Waals surface area (Å²) in [5.74, 6) is -0.549. The third-order valence-corrected chi connectivity index (χ3v) is 4.57. The molecule has 1 aliphatic carbocycles. The van der Waals surface area contributed by atoms with Crippen LogP contribution in [0.15, 0.2) is 35.3 Å². The van der Waals surface area contributed by atoms with Gasteiger partial charge in [-0.05, 0) is 31.0 Å². The molecule has 0 aliphatic heterocycles. The summed E-state index contributed by atoms with van der Waals surface area (Å²) in [6.07, 6.45) is 5.76. The zero-order chi connectivity index (χ0) is 17.1. The van der Waals surface area contributed by atoms with E-state index in [0.29, 0.717) is 24.6 Å². The molecule has 0 radical (unpaired) electrons. The molecular weight excluding hydrogens is 308 g/mol. The number of fused-ring (bicyclic) bond motifs is 1. The molecule has 2 N–H and O–H groups in total. The minimum atomic E-state index is -0.606. The lowest BCUT2D eigenvalue weighted by atomic mass is 10.1. The summed E-state index contributed by atoms with van der Waals surface area (Å²) in [6.45, 7) is 0. The Morgan fingerprint density at radius 2 is 2.04 bits per heavy atom. The van der Waals surface area contributed by atoms with Gasteiger partial charge in [0.15, 0.2) is 6.29 Å². The molecule has 2 aromatic rings. The first-order chi connectivity index (χ1) is 11.6. The van der Waals surface area contributed by atoms with Crippen molar-refractivity contribution in [3.8, 4) is 0 Å². The highest BCUT2D eigenvalue weighted by Gasteiger charge is 2.25. The Morgan fingerprint density at radius 1 is 1.25 bits per heavy atom. The molecule has 0 saturated heterocycles. The number of amides is 1. The van der Waals surface area contributed by atoms with Crippen molar-refractivity contribution in [1.29, 1.82) is 0 Å². The quantitative estimate of drug-likeness (QED) is 0.661. The van der Waals surface area contributed by atoms with Crippen molar-refractivity contribution >= 4 is 17.7 Å². The van der Waals surface area contributed by atoms with Crippen molar-refractivity contribution in [2.45, 2.75) is 44.2 Å². The maximum Gasteiger partial charge on any atom is 0.267 e. The van der Waals surface area contributed by atoms with E-state index in [1.807, 2.05) is 0 Å². The fraction of sp³-hybridized carbons (Fsp3) is 0.389. The van der Waals surface area contributed by atoms with Gasteiger partial charge in [0.25, 0.3) is 11.5 Å². The fourth-order valence-corrected chi connectivity index (χ4v) is 3.24. The van der Waals surface area contributed by atoms with Crippen LogP contribution in [0, 0.1) is 0 Å². The third kappa shape index (κ3) is 3.10. The first kappa shape index (κ1) is 16.4. The summed E-state index contributed by atoms with van der Waals surface area (Å²) >= 11 is 0. The average molecular weight is 328 g/mol. The second-order valence-corrected chi connectivity index (χ2v) is 6.18. The molecule has 1 fully saturated rings. The zero-order valence-corrected chi connectivity index (χ0v) is 13.3. The van der Waals surface area contributed by atoms with Gasteiger partial charge in [-0.2, -0.15) is 0 Å². The van der Waals surface area contributed by atoms with E-state index in [4.69, 9.17) is 0 Å². The molecule has 1 aliphatic rings. The number of nitrogens with one attached hydrogen (secondary N) is 1. The first-order valence-corrected chi connectivity index (χ1v) is 8.20. The van der Waals surface area contributed by atoms with Crippen LogP contribution in [0.3, 0.4) is 0 Å². The number of aromatic nitrogens is 1. The van der Waals surface area contributed by atoms with E-state index in [2.05, 4.69) is 5.32 Å². The lowest BCUT2D eigenvalue weighted by Crippen LogP contribution is -2.44. The number of hydrogen-bond donors (Lipinski definition) is 2. The summed E-state index contributed by atoms with van der Waals surface area (Å²) in [5.41, 5.74) is 0.180. The Kier molecular flexibility index (Phi) is 4.76. The summed E-state index contributed by atoms with van der Waals surface area (Å²) in [7, 11) is 0.